The highest BCUT2D eigenvalue weighted by atomic mass is 16.3. The molecule has 1 N–H and O–H groups in total. The molecule has 0 radical (unpaired) electrons. The lowest BCUT2D eigenvalue weighted by Crippen LogP contribution is -1.98. The van der Waals surface area contributed by atoms with E-state index in [-0.39, 0.29) is 0 Å². The molecule has 0 saturated heterocycles. The van der Waals surface area contributed by atoms with Crippen molar-refractivity contribution < 1.29 is 5.11 Å². The molecule has 23 heavy (non-hydrogen) atoms. The molecule has 2 aromatic rings. The predicted molar refractivity (Wildman–Crippen MR) is 107 cm³/mol. The molecule has 0 aliphatic rings. The Kier molecular flexibility index (Phi) is 23.3. The highest BCUT2D eigenvalue weighted by Crippen LogP contribution is 2.21. The van der Waals surface area contributed by atoms with Gasteiger partial charge in [-0.1, -0.05) is 116 Å². The summed E-state index contributed by atoms with van der Waals surface area (Å²) in [6, 6.07) is 17.7. The third-order valence-electron chi connectivity index (χ3n) is 2.51. The van der Waals surface area contributed by atoms with Crippen LogP contribution in [0.25, 0.3) is 0 Å². The molecule has 0 heterocycles. The van der Waals surface area contributed by atoms with Gasteiger partial charge in [0.05, 0.1) is 0 Å². The van der Waals surface area contributed by atoms with Crippen LogP contribution in [0.5, 0.6) is 0 Å². The normalized spacial score (nSPS) is 9.13. The van der Waals surface area contributed by atoms with Gasteiger partial charge in [-0.25, -0.2) is 0 Å². The first-order valence-corrected chi connectivity index (χ1v) is 9.07. The summed E-state index contributed by atoms with van der Waals surface area (Å²) in [4.78, 5) is 0. The number of benzene rings is 2. The lowest BCUT2D eigenvalue weighted by Gasteiger charge is -2.11. The van der Waals surface area contributed by atoms with Crippen LogP contribution in [0, 0.1) is 6.92 Å². The van der Waals surface area contributed by atoms with Crippen molar-refractivity contribution >= 4 is 0 Å². The van der Waals surface area contributed by atoms with E-state index < -0.39 is 6.10 Å². The van der Waals surface area contributed by atoms with Crippen LogP contribution in [-0.4, -0.2) is 5.11 Å². The van der Waals surface area contributed by atoms with Crippen molar-refractivity contribution in [3.05, 3.63) is 71.3 Å². The van der Waals surface area contributed by atoms with Crippen LogP contribution in [-0.2, 0) is 0 Å². The topological polar surface area (TPSA) is 20.2 Å². The average molecular weight is 319 g/mol. The first-order chi connectivity index (χ1) is 11.3. The Hall–Kier alpha value is -1.60. The Labute approximate surface area is 145 Å². The van der Waals surface area contributed by atoms with Crippen LogP contribution in [0.1, 0.15) is 78.2 Å². The molecule has 1 heteroatoms. The number of rotatable bonds is 2. The van der Waals surface area contributed by atoms with Crippen LogP contribution in [0.2, 0.25) is 0 Å². The second-order valence-electron chi connectivity index (χ2n) is 3.72. The van der Waals surface area contributed by atoms with Crippen molar-refractivity contribution in [2.45, 2.75) is 68.4 Å². The number of hydrogen-bond donors (Lipinski definition) is 1. The predicted octanol–water partition coefficient (Wildman–Crippen LogP) is 7.18. The zero-order valence-corrected chi connectivity index (χ0v) is 16.7. The largest absolute Gasteiger partial charge is 0.384 e. The standard InChI is InChI=1S/C14H14O.4C2H6/c1-11-7-9-13(10-8-11)14(15)12-5-3-2-4-6-12;4*1-2/h2-10,14-15H,1H3;4*1-2H3. The fourth-order valence-electron chi connectivity index (χ4n) is 1.58. The van der Waals surface area contributed by atoms with E-state index in [4.69, 9.17) is 0 Å². The molecule has 0 aromatic heterocycles. The lowest BCUT2D eigenvalue weighted by molar-refractivity contribution is 0.220. The van der Waals surface area contributed by atoms with E-state index >= 15 is 0 Å². The van der Waals surface area contributed by atoms with Gasteiger partial charge in [-0.15, -0.1) is 0 Å². The molecular formula is C22H38O. The zero-order chi connectivity index (χ0) is 18.7. The van der Waals surface area contributed by atoms with E-state index in [1.165, 1.54) is 5.56 Å². The van der Waals surface area contributed by atoms with Crippen LogP contribution >= 0.6 is 0 Å². The smallest absolute Gasteiger partial charge is 0.104 e. The summed E-state index contributed by atoms with van der Waals surface area (Å²) in [6.45, 7) is 18.0. The highest BCUT2D eigenvalue weighted by Gasteiger charge is 2.08. The van der Waals surface area contributed by atoms with E-state index in [2.05, 4.69) is 0 Å². The van der Waals surface area contributed by atoms with Gasteiger partial charge in [0.1, 0.15) is 6.10 Å². The number of aryl methyl sites for hydroxylation is 1. The van der Waals surface area contributed by atoms with Crippen LogP contribution in [0.3, 0.4) is 0 Å². The number of hydrogen-bond acceptors (Lipinski definition) is 1. The molecule has 2 rings (SSSR count). The first kappa shape index (κ1) is 26.3. The number of aliphatic hydroxyl groups is 1. The van der Waals surface area contributed by atoms with Crippen molar-refractivity contribution in [2.75, 3.05) is 0 Å². The Bertz CT molecular complexity index is 417. The molecule has 2 aromatic carbocycles. The Balaban J connectivity index is -0.000000438. The van der Waals surface area contributed by atoms with Crippen molar-refractivity contribution in [1.29, 1.82) is 0 Å². The second kappa shape index (κ2) is 20.4. The Morgan fingerprint density at radius 2 is 0.913 bits per heavy atom. The molecule has 0 bridgehead atoms. The summed E-state index contributed by atoms with van der Waals surface area (Å²) in [5.74, 6) is 0. The van der Waals surface area contributed by atoms with Gasteiger partial charge in [0, 0.05) is 0 Å². The fraction of sp³-hybridized carbons (Fsp3) is 0.455. The second-order valence-corrected chi connectivity index (χ2v) is 3.72. The van der Waals surface area contributed by atoms with E-state index in [1.54, 1.807) is 0 Å². The van der Waals surface area contributed by atoms with Crippen molar-refractivity contribution in [2.24, 2.45) is 0 Å². The van der Waals surface area contributed by atoms with Gasteiger partial charge in [-0.05, 0) is 18.1 Å². The molecule has 1 unspecified atom stereocenters. The highest BCUT2D eigenvalue weighted by molar-refractivity contribution is 5.31. The Morgan fingerprint density at radius 3 is 1.30 bits per heavy atom. The van der Waals surface area contributed by atoms with Crippen LogP contribution in [0.4, 0.5) is 0 Å². The summed E-state index contributed by atoms with van der Waals surface area (Å²) >= 11 is 0. The van der Waals surface area contributed by atoms with E-state index in [1.807, 2.05) is 117 Å². The van der Waals surface area contributed by atoms with Gasteiger partial charge >= 0.3 is 0 Å². The molecule has 0 spiro atoms. The maximum absolute atomic E-state index is 10.1. The summed E-state index contributed by atoms with van der Waals surface area (Å²) in [7, 11) is 0. The quantitative estimate of drug-likeness (QED) is 0.621. The Morgan fingerprint density at radius 1 is 0.565 bits per heavy atom. The molecule has 1 atom stereocenters. The fourth-order valence-corrected chi connectivity index (χ4v) is 1.58. The summed E-state index contributed by atoms with van der Waals surface area (Å²) in [5.41, 5.74) is 3.08. The molecular weight excluding hydrogens is 280 g/mol. The summed E-state index contributed by atoms with van der Waals surface area (Å²) in [6.07, 6.45) is -0.521. The molecule has 0 aliphatic heterocycles. The van der Waals surface area contributed by atoms with Gasteiger partial charge in [-0.2, -0.15) is 0 Å². The third-order valence-corrected chi connectivity index (χ3v) is 2.51. The SMILES string of the molecule is CC.CC.CC.CC.Cc1ccc(C(O)c2ccccc2)cc1. The minimum absolute atomic E-state index is 0.521. The van der Waals surface area contributed by atoms with Gasteiger partial charge in [-0.3, -0.25) is 0 Å². The molecule has 1 nitrogen and oxygen atoms in total. The molecule has 0 fully saturated rings. The monoisotopic (exact) mass is 318 g/mol. The summed E-state index contributed by atoms with van der Waals surface area (Å²) < 4.78 is 0. The van der Waals surface area contributed by atoms with Crippen molar-refractivity contribution in [3.8, 4) is 0 Å². The van der Waals surface area contributed by atoms with E-state index in [9.17, 15) is 5.11 Å². The maximum Gasteiger partial charge on any atom is 0.104 e. The molecule has 132 valence electrons. The van der Waals surface area contributed by atoms with Gasteiger partial charge in [0.15, 0.2) is 0 Å². The zero-order valence-electron chi connectivity index (χ0n) is 16.7. The van der Waals surface area contributed by atoms with Gasteiger partial charge < -0.3 is 5.11 Å². The van der Waals surface area contributed by atoms with Gasteiger partial charge in [0.2, 0.25) is 0 Å². The molecule has 0 saturated carbocycles. The maximum atomic E-state index is 10.1. The van der Waals surface area contributed by atoms with Crippen molar-refractivity contribution in [3.63, 3.8) is 0 Å². The third kappa shape index (κ3) is 11.6. The molecule has 0 aliphatic carbocycles. The first-order valence-electron chi connectivity index (χ1n) is 9.07. The van der Waals surface area contributed by atoms with Crippen LogP contribution in [0.15, 0.2) is 54.6 Å². The molecule has 0 amide bonds. The number of aliphatic hydroxyl groups excluding tert-OH is 1. The van der Waals surface area contributed by atoms with E-state index in [0.29, 0.717) is 0 Å². The lowest BCUT2D eigenvalue weighted by atomic mass is 10.0. The van der Waals surface area contributed by atoms with E-state index in [0.717, 1.165) is 11.1 Å². The minimum Gasteiger partial charge on any atom is -0.384 e. The van der Waals surface area contributed by atoms with Crippen molar-refractivity contribution in [1.82, 2.24) is 0 Å². The summed E-state index contributed by atoms with van der Waals surface area (Å²) in [5, 5.41) is 10.1. The van der Waals surface area contributed by atoms with Crippen LogP contribution < -0.4 is 0 Å². The average Bonchev–Trinajstić information content (AvgIpc) is 2.69. The van der Waals surface area contributed by atoms with Gasteiger partial charge in [0.25, 0.3) is 0 Å². The minimum atomic E-state index is -0.521.